The fourth-order valence-electron chi connectivity index (χ4n) is 1.48. The van der Waals surface area contributed by atoms with Crippen LogP contribution in [0, 0.1) is 5.82 Å². The molecule has 1 aromatic rings. The first-order chi connectivity index (χ1) is 6.62. The van der Waals surface area contributed by atoms with Crippen LogP contribution in [0.25, 0.3) is 0 Å². The van der Waals surface area contributed by atoms with Gasteiger partial charge in [0.05, 0.1) is 5.60 Å². The normalized spacial score (nSPS) is 14.8. The SMILES string of the molecule is C=CCC(O)(CC)c1cccc(F)c1. The van der Waals surface area contributed by atoms with E-state index in [2.05, 4.69) is 6.58 Å². The van der Waals surface area contributed by atoms with Crippen LogP contribution in [0.2, 0.25) is 0 Å². The number of hydrogen-bond acceptors (Lipinski definition) is 1. The molecule has 0 aliphatic carbocycles. The predicted molar refractivity (Wildman–Crippen MR) is 55.4 cm³/mol. The Morgan fingerprint density at radius 1 is 1.57 bits per heavy atom. The molecule has 0 aromatic heterocycles. The van der Waals surface area contributed by atoms with Gasteiger partial charge in [0.1, 0.15) is 5.82 Å². The Labute approximate surface area is 83.9 Å². The lowest BCUT2D eigenvalue weighted by molar-refractivity contribution is 0.0353. The van der Waals surface area contributed by atoms with E-state index in [0.29, 0.717) is 18.4 Å². The van der Waals surface area contributed by atoms with Crippen molar-refractivity contribution in [3.8, 4) is 0 Å². The minimum atomic E-state index is -0.982. The topological polar surface area (TPSA) is 20.2 Å². The third kappa shape index (κ3) is 2.20. The molecule has 0 amide bonds. The monoisotopic (exact) mass is 194 g/mol. The first-order valence-electron chi connectivity index (χ1n) is 4.71. The zero-order valence-corrected chi connectivity index (χ0v) is 8.33. The summed E-state index contributed by atoms with van der Waals surface area (Å²) < 4.78 is 12.9. The molecule has 0 spiro atoms. The van der Waals surface area contributed by atoms with Gasteiger partial charge in [0.2, 0.25) is 0 Å². The van der Waals surface area contributed by atoms with Crippen molar-refractivity contribution < 1.29 is 9.50 Å². The third-order valence-corrected chi connectivity index (χ3v) is 2.43. The molecule has 0 heterocycles. The highest BCUT2D eigenvalue weighted by atomic mass is 19.1. The van der Waals surface area contributed by atoms with Gasteiger partial charge in [0, 0.05) is 0 Å². The molecule has 1 unspecified atom stereocenters. The maximum Gasteiger partial charge on any atom is 0.123 e. The summed E-state index contributed by atoms with van der Waals surface area (Å²) in [6.45, 7) is 5.46. The number of rotatable bonds is 4. The van der Waals surface area contributed by atoms with E-state index in [0.717, 1.165) is 0 Å². The molecule has 1 aromatic carbocycles. The maximum atomic E-state index is 12.9. The lowest BCUT2D eigenvalue weighted by atomic mass is 9.88. The van der Waals surface area contributed by atoms with E-state index in [4.69, 9.17) is 0 Å². The van der Waals surface area contributed by atoms with Gasteiger partial charge in [-0.2, -0.15) is 0 Å². The first kappa shape index (κ1) is 10.9. The van der Waals surface area contributed by atoms with Gasteiger partial charge in [-0.1, -0.05) is 25.1 Å². The van der Waals surface area contributed by atoms with Gasteiger partial charge in [0.25, 0.3) is 0 Å². The highest BCUT2D eigenvalue weighted by molar-refractivity contribution is 5.23. The Morgan fingerprint density at radius 2 is 2.29 bits per heavy atom. The van der Waals surface area contributed by atoms with Gasteiger partial charge in [-0.05, 0) is 30.5 Å². The van der Waals surface area contributed by atoms with Gasteiger partial charge >= 0.3 is 0 Å². The van der Waals surface area contributed by atoms with Crippen LogP contribution in [0.3, 0.4) is 0 Å². The van der Waals surface area contributed by atoms with Crippen LogP contribution in [0.1, 0.15) is 25.3 Å². The summed E-state index contributed by atoms with van der Waals surface area (Å²) >= 11 is 0. The summed E-state index contributed by atoms with van der Waals surface area (Å²) in [6.07, 6.45) is 2.63. The van der Waals surface area contributed by atoms with Crippen molar-refractivity contribution in [3.63, 3.8) is 0 Å². The number of benzene rings is 1. The van der Waals surface area contributed by atoms with Crippen LogP contribution >= 0.6 is 0 Å². The second kappa shape index (κ2) is 4.38. The second-order valence-electron chi connectivity index (χ2n) is 3.39. The van der Waals surface area contributed by atoms with Crippen molar-refractivity contribution in [2.75, 3.05) is 0 Å². The molecule has 0 fully saturated rings. The zero-order valence-electron chi connectivity index (χ0n) is 8.33. The highest BCUT2D eigenvalue weighted by Crippen LogP contribution is 2.29. The zero-order chi connectivity index (χ0) is 10.6. The molecule has 0 aliphatic rings. The molecule has 0 saturated heterocycles. The van der Waals surface area contributed by atoms with Crippen molar-refractivity contribution in [2.24, 2.45) is 0 Å². The molecule has 1 atom stereocenters. The smallest absolute Gasteiger partial charge is 0.123 e. The fraction of sp³-hybridized carbons (Fsp3) is 0.333. The molecule has 2 heteroatoms. The van der Waals surface area contributed by atoms with E-state index in [1.54, 1.807) is 18.2 Å². The Kier molecular flexibility index (Phi) is 3.42. The quantitative estimate of drug-likeness (QED) is 0.730. The van der Waals surface area contributed by atoms with Gasteiger partial charge in [0.15, 0.2) is 0 Å². The summed E-state index contributed by atoms with van der Waals surface area (Å²) in [5.74, 6) is -0.321. The number of aliphatic hydroxyl groups is 1. The van der Waals surface area contributed by atoms with E-state index in [1.807, 2.05) is 6.92 Å². The van der Waals surface area contributed by atoms with Crippen LogP contribution in [0.15, 0.2) is 36.9 Å². The summed E-state index contributed by atoms with van der Waals surface area (Å²) in [4.78, 5) is 0. The predicted octanol–water partition coefficient (Wildman–Crippen LogP) is 3.00. The van der Waals surface area contributed by atoms with Crippen molar-refractivity contribution in [2.45, 2.75) is 25.4 Å². The average Bonchev–Trinajstić information content (AvgIpc) is 2.18. The number of hydrogen-bond donors (Lipinski definition) is 1. The van der Waals surface area contributed by atoms with E-state index < -0.39 is 5.60 Å². The Bertz CT molecular complexity index is 322. The molecule has 1 nitrogen and oxygen atoms in total. The standard InChI is InChI=1S/C12H15FO/c1-3-8-12(14,4-2)10-6-5-7-11(13)9-10/h3,5-7,9,14H,1,4,8H2,2H3. The second-order valence-corrected chi connectivity index (χ2v) is 3.39. The van der Waals surface area contributed by atoms with Gasteiger partial charge < -0.3 is 5.11 Å². The maximum absolute atomic E-state index is 12.9. The molecule has 1 rings (SSSR count). The highest BCUT2D eigenvalue weighted by Gasteiger charge is 2.25. The van der Waals surface area contributed by atoms with Crippen LogP contribution in [-0.4, -0.2) is 5.11 Å². The lowest BCUT2D eigenvalue weighted by Crippen LogP contribution is -2.23. The van der Waals surface area contributed by atoms with Crippen molar-refractivity contribution in [1.29, 1.82) is 0 Å². The van der Waals surface area contributed by atoms with Crippen LogP contribution in [-0.2, 0) is 5.60 Å². The largest absolute Gasteiger partial charge is 0.385 e. The molecule has 0 saturated carbocycles. The van der Waals surface area contributed by atoms with E-state index in [9.17, 15) is 9.50 Å². The molecular formula is C12H15FO. The third-order valence-electron chi connectivity index (χ3n) is 2.43. The minimum absolute atomic E-state index is 0.321. The van der Waals surface area contributed by atoms with Crippen LogP contribution in [0.4, 0.5) is 4.39 Å². The van der Waals surface area contributed by atoms with Crippen molar-refractivity contribution in [3.05, 3.63) is 48.3 Å². The summed E-state index contributed by atoms with van der Waals surface area (Å²) in [5.41, 5.74) is -0.371. The molecule has 76 valence electrons. The Balaban J connectivity index is 3.05. The summed E-state index contributed by atoms with van der Waals surface area (Å²) in [7, 11) is 0. The molecule has 0 aliphatic heterocycles. The van der Waals surface area contributed by atoms with Gasteiger partial charge in [-0.25, -0.2) is 4.39 Å². The van der Waals surface area contributed by atoms with Crippen LogP contribution < -0.4 is 0 Å². The Morgan fingerprint density at radius 3 is 2.79 bits per heavy atom. The fourth-order valence-corrected chi connectivity index (χ4v) is 1.48. The van der Waals surface area contributed by atoms with Crippen molar-refractivity contribution in [1.82, 2.24) is 0 Å². The summed E-state index contributed by atoms with van der Waals surface area (Å²) in [5, 5.41) is 10.2. The van der Waals surface area contributed by atoms with Crippen molar-refractivity contribution >= 4 is 0 Å². The molecular weight excluding hydrogens is 179 g/mol. The van der Waals surface area contributed by atoms with Crippen LogP contribution in [0.5, 0.6) is 0 Å². The molecule has 1 N–H and O–H groups in total. The molecule has 0 bridgehead atoms. The molecule has 14 heavy (non-hydrogen) atoms. The number of halogens is 1. The lowest BCUT2D eigenvalue weighted by Gasteiger charge is -2.25. The van der Waals surface area contributed by atoms with E-state index in [1.165, 1.54) is 12.1 Å². The molecule has 0 radical (unpaired) electrons. The first-order valence-corrected chi connectivity index (χ1v) is 4.71. The minimum Gasteiger partial charge on any atom is -0.385 e. The average molecular weight is 194 g/mol. The summed E-state index contributed by atoms with van der Waals surface area (Å²) in [6, 6.07) is 6.07. The van der Waals surface area contributed by atoms with E-state index >= 15 is 0 Å². The van der Waals surface area contributed by atoms with Gasteiger partial charge in [-0.3, -0.25) is 0 Å². The Hall–Kier alpha value is -1.15. The van der Waals surface area contributed by atoms with E-state index in [-0.39, 0.29) is 5.82 Å². The van der Waals surface area contributed by atoms with Gasteiger partial charge in [-0.15, -0.1) is 6.58 Å².